The molecule has 98 valence electrons. The van der Waals surface area contributed by atoms with Gasteiger partial charge in [0, 0.05) is 6.07 Å². The van der Waals surface area contributed by atoms with E-state index in [1.165, 1.54) is 20.3 Å². The molecule has 0 aliphatic carbocycles. The number of ether oxygens (including phenoxy) is 2. The van der Waals surface area contributed by atoms with Crippen molar-refractivity contribution in [2.45, 2.75) is 13.3 Å². The van der Waals surface area contributed by atoms with E-state index in [9.17, 15) is 9.59 Å². The number of carboxylic acid groups (broad SMARTS) is 1. The number of carbonyl (C=O) groups is 2. The highest BCUT2D eigenvalue weighted by Crippen LogP contribution is 2.27. The third-order valence-corrected chi connectivity index (χ3v) is 2.70. The van der Waals surface area contributed by atoms with Crippen molar-refractivity contribution < 1.29 is 24.2 Å². The molecular formula is C13H16O5. The molecule has 0 saturated carbocycles. The van der Waals surface area contributed by atoms with Crippen molar-refractivity contribution in [1.82, 2.24) is 0 Å². The Kier molecular flexibility index (Phi) is 4.71. The van der Waals surface area contributed by atoms with E-state index in [1.54, 1.807) is 19.1 Å². The minimum Gasteiger partial charge on any atom is -0.497 e. The Balaban J connectivity index is 3.16. The van der Waals surface area contributed by atoms with Crippen LogP contribution in [0.2, 0.25) is 0 Å². The number of hydrogen-bond acceptors (Lipinski definition) is 4. The van der Waals surface area contributed by atoms with Gasteiger partial charge in [-0.15, -0.1) is 0 Å². The summed E-state index contributed by atoms with van der Waals surface area (Å²) in [5.41, 5.74) is 0.257. The van der Waals surface area contributed by atoms with Gasteiger partial charge in [0.2, 0.25) is 0 Å². The predicted octanol–water partition coefficient (Wildman–Crippen LogP) is 2.00. The van der Waals surface area contributed by atoms with Gasteiger partial charge in [-0.25, -0.2) is 0 Å². The third kappa shape index (κ3) is 2.80. The van der Waals surface area contributed by atoms with E-state index in [-0.39, 0.29) is 12.0 Å². The van der Waals surface area contributed by atoms with E-state index in [4.69, 9.17) is 14.6 Å². The summed E-state index contributed by atoms with van der Waals surface area (Å²) >= 11 is 0. The van der Waals surface area contributed by atoms with Crippen molar-refractivity contribution in [3.05, 3.63) is 23.8 Å². The molecule has 1 aromatic rings. The molecule has 5 heteroatoms. The molecule has 0 fully saturated rings. The number of hydrogen-bond donors (Lipinski definition) is 1. The van der Waals surface area contributed by atoms with Crippen molar-refractivity contribution in [3.8, 4) is 11.5 Å². The van der Waals surface area contributed by atoms with Gasteiger partial charge in [0.25, 0.3) is 0 Å². The van der Waals surface area contributed by atoms with Gasteiger partial charge in [0.1, 0.15) is 17.4 Å². The monoisotopic (exact) mass is 252 g/mol. The second-order valence-corrected chi connectivity index (χ2v) is 3.73. The van der Waals surface area contributed by atoms with Gasteiger partial charge < -0.3 is 14.6 Å². The van der Waals surface area contributed by atoms with Crippen LogP contribution in [-0.2, 0) is 4.79 Å². The maximum absolute atomic E-state index is 12.1. The molecule has 0 bridgehead atoms. The zero-order valence-corrected chi connectivity index (χ0v) is 10.6. The quantitative estimate of drug-likeness (QED) is 0.619. The average Bonchev–Trinajstić information content (AvgIpc) is 2.38. The highest BCUT2D eigenvalue weighted by atomic mass is 16.5. The minimum absolute atomic E-state index is 0.239. The van der Waals surface area contributed by atoms with Crippen LogP contribution in [0.5, 0.6) is 11.5 Å². The number of carbonyl (C=O) groups excluding carboxylic acids is 1. The molecule has 1 unspecified atom stereocenters. The summed E-state index contributed by atoms with van der Waals surface area (Å²) in [7, 11) is 2.93. The summed E-state index contributed by atoms with van der Waals surface area (Å²) in [5.74, 6) is -1.76. The second kappa shape index (κ2) is 6.05. The van der Waals surface area contributed by atoms with Crippen LogP contribution in [0.3, 0.4) is 0 Å². The Hall–Kier alpha value is -2.04. The second-order valence-electron chi connectivity index (χ2n) is 3.73. The molecule has 5 nitrogen and oxygen atoms in total. The fourth-order valence-corrected chi connectivity index (χ4v) is 1.66. The Labute approximate surface area is 105 Å². The molecule has 1 atom stereocenters. The number of rotatable bonds is 6. The number of methoxy groups -OCH3 is 2. The summed E-state index contributed by atoms with van der Waals surface area (Å²) in [6, 6.07) is 4.68. The van der Waals surface area contributed by atoms with Gasteiger partial charge in [0.15, 0.2) is 5.78 Å². The Morgan fingerprint density at radius 2 is 1.94 bits per heavy atom. The number of ketones is 1. The first kappa shape index (κ1) is 14.0. The van der Waals surface area contributed by atoms with Crippen molar-refractivity contribution in [3.63, 3.8) is 0 Å². The predicted molar refractivity (Wildman–Crippen MR) is 65.3 cm³/mol. The van der Waals surface area contributed by atoms with Crippen LogP contribution in [0.4, 0.5) is 0 Å². The molecule has 0 amide bonds. The van der Waals surface area contributed by atoms with Crippen molar-refractivity contribution in [1.29, 1.82) is 0 Å². The van der Waals surface area contributed by atoms with Crippen LogP contribution < -0.4 is 9.47 Å². The van der Waals surface area contributed by atoms with Gasteiger partial charge in [-0.2, -0.15) is 0 Å². The molecule has 1 aromatic carbocycles. The number of benzene rings is 1. The summed E-state index contributed by atoms with van der Waals surface area (Å²) in [4.78, 5) is 23.1. The van der Waals surface area contributed by atoms with E-state index in [0.717, 1.165) is 0 Å². The van der Waals surface area contributed by atoms with E-state index in [0.29, 0.717) is 11.5 Å². The summed E-state index contributed by atoms with van der Waals surface area (Å²) < 4.78 is 10.1. The molecule has 0 heterocycles. The molecule has 0 aliphatic heterocycles. The van der Waals surface area contributed by atoms with E-state index >= 15 is 0 Å². The average molecular weight is 252 g/mol. The van der Waals surface area contributed by atoms with Gasteiger partial charge in [0.05, 0.1) is 19.8 Å². The number of aliphatic carboxylic acids is 1. The topological polar surface area (TPSA) is 72.8 Å². The number of carboxylic acids is 1. The minimum atomic E-state index is -1.12. The zero-order chi connectivity index (χ0) is 13.7. The fourth-order valence-electron chi connectivity index (χ4n) is 1.66. The molecule has 1 rings (SSSR count). The van der Waals surface area contributed by atoms with Crippen LogP contribution in [0, 0.1) is 5.92 Å². The van der Waals surface area contributed by atoms with E-state index in [1.807, 2.05) is 0 Å². The maximum Gasteiger partial charge on any atom is 0.314 e. The fraction of sp³-hybridized carbons (Fsp3) is 0.385. The molecule has 0 radical (unpaired) electrons. The standard InChI is InChI=1S/C13H16O5/c1-4-9(13(15)16)12(14)10-6-5-8(17-2)7-11(10)18-3/h5-7,9H,4H2,1-3H3,(H,15,16). The van der Waals surface area contributed by atoms with Crippen LogP contribution in [0.25, 0.3) is 0 Å². The summed E-state index contributed by atoms with van der Waals surface area (Å²) in [6.07, 6.45) is 0.239. The normalized spacial score (nSPS) is 11.7. The first-order valence-electron chi connectivity index (χ1n) is 5.54. The molecule has 18 heavy (non-hydrogen) atoms. The summed E-state index contributed by atoms with van der Waals surface area (Å²) in [6.45, 7) is 1.66. The van der Waals surface area contributed by atoms with Gasteiger partial charge in [-0.3, -0.25) is 9.59 Å². The Morgan fingerprint density at radius 3 is 2.39 bits per heavy atom. The highest BCUT2D eigenvalue weighted by Gasteiger charge is 2.27. The van der Waals surface area contributed by atoms with Crippen LogP contribution in [0.1, 0.15) is 23.7 Å². The lowest BCUT2D eigenvalue weighted by Crippen LogP contribution is -2.23. The molecular weight excluding hydrogens is 236 g/mol. The lowest BCUT2D eigenvalue weighted by Gasteiger charge is -2.13. The Bertz CT molecular complexity index is 453. The van der Waals surface area contributed by atoms with Gasteiger partial charge in [-0.1, -0.05) is 6.92 Å². The largest absolute Gasteiger partial charge is 0.497 e. The third-order valence-electron chi connectivity index (χ3n) is 2.70. The molecule has 0 saturated heterocycles. The summed E-state index contributed by atoms with van der Waals surface area (Å²) in [5, 5.41) is 8.98. The molecule has 0 aromatic heterocycles. The first-order chi connectivity index (χ1) is 8.54. The number of Topliss-reactive ketones (excluding diaryl/α,β-unsaturated/α-hetero) is 1. The van der Waals surface area contributed by atoms with E-state index < -0.39 is 17.7 Å². The molecule has 0 aliphatic rings. The maximum atomic E-state index is 12.1. The van der Waals surface area contributed by atoms with Crippen LogP contribution in [-0.4, -0.2) is 31.1 Å². The lowest BCUT2D eigenvalue weighted by atomic mass is 9.94. The molecule has 1 N–H and O–H groups in total. The van der Waals surface area contributed by atoms with E-state index in [2.05, 4.69) is 0 Å². The lowest BCUT2D eigenvalue weighted by molar-refractivity contribution is -0.140. The first-order valence-corrected chi connectivity index (χ1v) is 5.54. The van der Waals surface area contributed by atoms with Gasteiger partial charge in [-0.05, 0) is 18.6 Å². The van der Waals surface area contributed by atoms with Crippen molar-refractivity contribution >= 4 is 11.8 Å². The SMILES string of the molecule is CCC(C(=O)O)C(=O)c1ccc(OC)cc1OC. The smallest absolute Gasteiger partial charge is 0.314 e. The van der Waals surface area contributed by atoms with Crippen LogP contribution in [0.15, 0.2) is 18.2 Å². The van der Waals surface area contributed by atoms with Crippen molar-refractivity contribution in [2.24, 2.45) is 5.92 Å². The Morgan fingerprint density at radius 1 is 1.28 bits per heavy atom. The van der Waals surface area contributed by atoms with Gasteiger partial charge >= 0.3 is 5.97 Å². The molecule has 0 spiro atoms. The highest BCUT2D eigenvalue weighted by molar-refractivity contribution is 6.09. The van der Waals surface area contributed by atoms with Crippen molar-refractivity contribution in [2.75, 3.05) is 14.2 Å². The van der Waals surface area contributed by atoms with Crippen LogP contribution >= 0.6 is 0 Å². The zero-order valence-electron chi connectivity index (χ0n) is 10.6.